The summed E-state index contributed by atoms with van der Waals surface area (Å²) in [6.07, 6.45) is 0.938. The van der Waals surface area contributed by atoms with Crippen molar-refractivity contribution in [1.29, 1.82) is 0 Å². The lowest BCUT2D eigenvalue weighted by atomic mass is 9.97. The molecule has 1 aromatic heterocycles. The predicted octanol–water partition coefficient (Wildman–Crippen LogP) is 3.77. The summed E-state index contributed by atoms with van der Waals surface area (Å²) in [7, 11) is -3.78. The maximum Gasteiger partial charge on any atom is 0.246 e. The zero-order valence-electron chi connectivity index (χ0n) is 13.8. The molecule has 3 rings (SSSR count). The van der Waals surface area contributed by atoms with Gasteiger partial charge in [0.05, 0.1) is 10.0 Å². The maximum absolute atomic E-state index is 12.8. The van der Waals surface area contributed by atoms with E-state index in [-0.39, 0.29) is 39.9 Å². The van der Waals surface area contributed by atoms with Crippen molar-refractivity contribution in [3.05, 3.63) is 50.6 Å². The summed E-state index contributed by atoms with van der Waals surface area (Å²) in [6.45, 7) is 1.02. The third kappa shape index (κ3) is 4.23. The van der Waals surface area contributed by atoms with E-state index in [2.05, 4.69) is 5.32 Å². The van der Waals surface area contributed by atoms with Gasteiger partial charge in [-0.15, -0.1) is 0 Å². The topological polar surface area (TPSA) is 66.5 Å². The van der Waals surface area contributed by atoms with E-state index >= 15 is 0 Å². The van der Waals surface area contributed by atoms with Gasteiger partial charge in [0.2, 0.25) is 15.9 Å². The molecule has 1 aliphatic heterocycles. The quantitative estimate of drug-likeness (QED) is 0.781. The lowest BCUT2D eigenvalue weighted by molar-refractivity contribution is -0.126. The number of benzene rings is 1. The fourth-order valence-corrected chi connectivity index (χ4v) is 6.17. The second-order valence-electron chi connectivity index (χ2n) is 6.08. The Kier molecular flexibility index (Phi) is 6.25. The van der Waals surface area contributed by atoms with Crippen LogP contribution in [0.25, 0.3) is 0 Å². The molecule has 5 nitrogen and oxygen atoms in total. The van der Waals surface area contributed by atoms with Gasteiger partial charge in [0, 0.05) is 25.6 Å². The molecule has 1 saturated heterocycles. The summed E-state index contributed by atoms with van der Waals surface area (Å²) in [4.78, 5) is 12.2. The van der Waals surface area contributed by atoms with Crippen LogP contribution in [0.15, 0.2) is 39.9 Å². The Labute approximate surface area is 167 Å². The molecule has 1 aliphatic rings. The van der Waals surface area contributed by atoms with Crippen molar-refractivity contribution in [1.82, 2.24) is 9.62 Å². The number of sulfonamides is 1. The van der Waals surface area contributed by atoms with Gasteiger partial charge < -0.3 is 5.32 Å². The molecule has 26 heavy (non-hydrogen) atoms. The van der Waals surface area contributed by atoms with Gasteiger partial charge in [-0.25, -0.2) is 8.42 Å². The molecule has 0 spiro atoms. The fraction of sp³-hybridized carbons (Fsp3) is 0.353. The molecule has 1 amide bonds. The first kappa shape index (κ1) is 19.6. The highest BCUT2D eigenvalue weighted by Crippen LogP contribution is 2.33. The minimum Gasteiger partial charge on any atom is -0.352 e. The molecule has 0 radical (unpaired) electrons. The highest BCUT2D eigenvalue weighted by molar-refractivity contribution is 7.89. The Hall–Kier alpha value is -1.12. The minimum absolute atomic E-state index is 0.0379. The number of hydrogen-bond acceptors (Lipinski definition) is 4. The molecule has 0 unspecified atom stereocenters. The number of nitrogens with zero attached hydrogens (tertiary/aromatic N) is 1. The molecule has 0 aliphatic carbocycles. The number of thiophene rings is 1. The van der Waals surface area contributed by atoms with E-state index in [9.17, 15) is 13.2 Å². The summed E-state index contributed by atoms with van der Waals surface area (Å²) < 4.78 is 27.0. The Morgan fingerprint density at radius 3 is 2.42 bits per heavy atom. The van der Waals surface area contributed by atoms with Gasteiger partial charge in [0.25, 0.3) is 0 Å². The third-order valence-electron chi connectivity index (χ3n) is 4.39. The number of halogens is 2. The van der Waals surface area contributed by atoms with Crippen LogP contribution in [0.3, 0.4) is 0 Å². The average Bonchev–Trinajstić information content (AvgIpc) is 3.13. The molecule has 1 fully saturated rings. The van der Waals surface area contributed by atoms with Crippen LogP contribution in [0.2, 0.25) is 10.0 Å². The van der Waals surface area contributed by atoms with Crippen molar-refractivity contribution >= 4 is 50.5 Å². The van der Waals surface area contributed by atoms with Crippen molar-refractivity contribution in [2.75, 3.05) is 13.1 Å². The summed E-state index contributed by atoms with van der Waals surface area (Å²) >= 11 is 13.7. The van der Waals surface area contributed by atoms with E-state index in [1.165, 1.54) is 16.4 Å². The van der Waals surface area contributed by atoms with Gasteiger partial charge >= 0.3 is 0 Å². The van der Waals surface area contributed by atoms with E-state index < -0.39 is 10.0 Å². The van der Waals surface area contributed by atoms with E-state index in [1.54, 1.807) is 17.4 Å². The zero-order valence-corrected chi connectivity index (χ0v) is 17.0. The van der Waals surface area contributed by atoms with Gasteiger partial charge in [0.15, 0.2) is 0 Å². The van der Waals surface area contributed by atoms with Crippen LogP contribution < -0.4 is 5.32 Å². The van der Waals surface area contributed by atoms with Crippen LogP contribution in [0.5, 0.6) is 0 Å². The Bertz CT molecular complexity index is 857. The van der Waals surface area contributed by atoms with Crippen LogP contribution in [0, 0.1) is 5.92 Å². The lowest BCUT2D eigenvalue weighted by Gasteiger charge is -2.31. The molecule has 0 atom stereocenters. The van der Waals surface area contributed by atoms with Crippen LogP contribution in [-0.2, 0) is 21.4 Å². The van der Waals surface area contributed by atoms with Crippen molar-refractivity contribution in [2.45, 2.75) is 24.3 Å². The number of amides is 1. The highest BCUT2D eigenvalue weighted by atomic mass is 35.5. The Morgan fingerprint density at radius 1 is 1.19 bits per heavy atom. The summed E-state index contributed by atoms with van der Waals surface area (Å²) in [5, 5.41) is 7.08. The van der Waals surface area contributed by atoms with Crippen molar-refractivity contribution < 1.29 is 13.2 Å². The predicted molar refractivity (Wildman–Crippen MR) is 104 cm³/mol. The molecule has 2 aromatic rings. The minimum atomic E-state index is -3.78. The zero-order chi connectivity index (χ0) is 18.7. The molecular weight excluding hydrogens is 415 g/mol. The van der Waals surface area contributed by atoms with Crippen molar-refractivity contribution in [2.24, 2.45) is 5.92 Å². The average molecular weight is 433 g/mol. The first-order valence-electron chi connectivity index (χ1n) is 8.12. The Balaban J connectivity index is 1.62. The van der Waals surface area contributed by atoms with Gasteiger partial charge in [-0.05, 0) is 47.4 Å². The molecular formula is C17H18Cl2N2O3S2. The van der Waals surface area contributed by atoms with Crippen molar-refractivity contribution in [3.8, 4) is 0 Å². The first-order chi connectivity index (χ1) is 12.4. The number of rotatable bonds is 5. The fourth-order valence-electron chi connectivity index (χ4n) is 2.94. The summed E-state index contributed by atoms with van der Waals surface area (Å²) in [6, 6.07) is 6.58. The van der Waals surface area contributed by atoms with Gasteiger partial charge in [0.1, 0.15) is 4.90 Å². The van der Waals surface area contributed by atoms with E-state index in [0.717, 1.165) is 5.56 Å². The van der Waals surface area contributed by atoms with Crippen LogP contribution in [0.1, 0.15) is 18.4 Å². The standard InChI is InChI=1S/C17H18Cl2N2O3S2/c18-14-2-1-3-15(19)16(14)26(23,24)21-7-4-13(5-8-21)17(22)20-10-12-6-9-25-11-12/h1-3,6,9,11,13H,4-5,7-8,10H2,(H,20,22). The largest absolute Gasteiger partial charge is 0.352 e. The normalized spacial score (nSPS) is 16.5. The second-order valence-corrected chi connectivity index (χ2v) is 9.55. The monoisotopic (exact) mass is 432 g/mol. The number of hydrogen-bond donors (Lipinski definition) is 1. The van der Waals surface area contributed by atoms with Crippen LogP contribution >= 0.6 is 34.5 Å². The van der Waals surface area contributed by atoms with Gasteiger partial charge in [-0.1, -0.05) is 29.3 Å². The van der Waals surface area contributed by atoms with E-state index in [1.807, 2.05) is 16.8 Å². The molecule has 2 heterocycles. The molecule has 9 heteroatoms. The van der Waals surface area contributed by atoms with Gasteiger partial charge in [-0.2, -0.15) is 15.6 Å². The van der Waals surface area contributed by atoms with Crippen LogP contribution in [-0.4, -0.2) is 31.7 Å². The SMILES string of the molecule is O=C(NCc1ccsc1)C1CCN(S(=O)(=O)c2c(Cl)cccc2Cl)CC1. The lowest BCUT2D eigenvalue weighted by Crippen LogP contribution is -2.43. The molecule has 0 bridgehead atoms. The van der Waals surface area contributed by atoms with Crippen molar-refractivity contribution in [3.63, 3.8) is 0 Å². The Morgan fingerprint density at radius 2 is 1.85 bits per heavy atom. The number of carbonyl (C=O) groups excluding carboxylic acids is 1. The summed E-state index contributed by atoms with van der Waals surface area (Å²) in [5.41, 5.74) is 1.07. The number of carbonyl (C=O) groups is 1. The summed E-state index contributed by atoms with van der Waals surface area (Å²) in [5.74, 6) is -0.231. The van der Waals surface area contributed by atoms with E-state index in [0.29, 0.717) is 19.4 Å². The molecule has 1 N–H and O–H groups in total. The van der Waals surface area contributed by atoms with E-state index in [4.69, 9.17) is 23.2 Å². The smallest absolute Gasteiger partial charge is 0.246 e. The van der Waals surface area contributed by atoms with Gasteiger partial charge in [-0.3, -0.25) is 4.79 Å². The third-order valence-corrected chi connectivity index (χ3v) is 7.98. The highest BCUT2D eigenvalue weighted by Gasteiger charge is 2.34. The molecule has 140 valence electrons. The number of piperidine rings is 1. The molecule has 0 saturated carbocycles. The number of nitrogens with one attached hydrogen (secondary N) is 1. The maximum atomic E-state index is 12.8. The molecule has 1 aromatic carbocycles. The van der Waals surface area contributed by atoms with Crippen LogP contribution in [0.4, 0.5) is 0 Å². The second kappa shape index (κ2) is 8.27. The first-order valence-corrected chi connectivity index (χ1v) is 11.3.